The van der Waals surface area contributed by atoms with Gasteiger partial charge in [0, 0.05) is 18.6 Å². The third kappa shape index (κ3) is 4.84. The second kappa shape index (κ2) is 6.02. The minimum atomic E-state index is 0.222. The molecule has 2 heteroatoms. The lowest BCUT2D eigenvalue weighted by Crippen LogP contribution is -2.49. The van der Waals surface area contributed by atoms with Crippen molar-refractivity contribution < 1.29 is 0 Å². The summed E-state index contributed by atoms with van der Waals surface area (Å²) in [5, 5.41) is 7.17. The molecule has 0 spiro atoms. The van der Waals surface area contributed by atoms with Gasteiger partial charge in [0.05, 0.1) is 0 Å². The van der Waals surface area contributed by atoms with E-state index in [0.29, 0.717) is 5.41 Å². The molecule has 0 saturated heterocycles. The Morgan fingerprint density at radius 2 is 1.75 bits per heavy atom. The van der Waals surface area contributed by atoms with Crippen LogP contribution in [0.15, 0.2) is 0 Å². The van der Waals surface area contributed by atoms with Crippen LogP contribution in [0.5, 0.6) is 0 Å². The Bertz CT molecular complexity index is 193. The molecule has 96 valence electrons. The minimum absolute atomic E-state index is 0.222. The van der Waals surface area contributed by atoms with Crippen LogP contribution < -0.4 is 10.6 Å². The number of likely N-dealkylation sites (N-methyl/N-ethyl adjacent to an activating group) is 1. The van der Waals surface area contributed by atoms with E-state index in [1.165, 1.54) is 38.6 Å². The normalized spacial score (nSPS) is 21.0. The Morgan fingerprint density at radius 1 is 1.12 bits per heavy atom. The molecule has 1 saturated carbocycles. The predicted octanol–water partition coefficient (Wildman–Crippen LogP) is 2.93. The van der Waals surface area contributed by atoms with E-state index in [1.807, 2.05) is 0 Å². The van der Waals surface area contributed by atoms with Crippen LogP contribution >= 0.6 is 0 Å². The molecule has 0 amide bonds. The lowest BCUT2D eigenvalue weighted by Gasteiger charge is -2.35. The van der Waals surface area contributed by atoms with Crippen LogP contribution in [0.3, 0.4) is 0 Å². The van der Waals surface area contributed by atoms with Gasteiger partial charge in [0.25, 0.3) is 0 Å². The summed E-state index contributed by atoms with van der Waals surface area (Å²) in [7, 11) is 0. The molecule has 1 rings (SSSR count). The first-order chi connectivity index (χ1) is 7.47. The van der Waals surface area contributed by atoms with Crippen LogP contribution in [-0.2, 0) is 0 Å². The van der Waals surface area contributed by atoms with Crippen LogP contribution in [0.4, 0.5) is 0 Å². The van der Waals surface area contributed by atoms with Crippen LogP contribution in [0, 0.1) is 5.41 Å². The molecular formula is C14H30N2. The first-order valence-electron chi connectivity index (χ1n) is 6.93. The summed E-state index contributed by atoms with van der Waals surface area (Å²) in [5.41, 5.74) is 0.778. The number of hydrogen-bond acceptors (Lipinski definition) is 2. The molecule has 0 aromatic carbocycles. The fourth-order valence-corrected chi connectivity index (χ4v) is 2.80. The molecule has 0 aromatic heterocycles. The van der Waals surface area contributed by atoms with Gasteiger partial charge in [-0.3, -0.25) is 0 Å². The fraction of sp³-hybridized carbons (Fsp3) is 1.00. The lowest BCUT2D eigenvalue weighted by molar-refractivity contribution is 0.201. The van der Waals surface area contributed by atoms with Crippen molar-refractivity contribution in [2.75, 3.05) is 19.6 Å². The van der Waals surface area contributed by atoms with Crippen molar-refractivity contribution in [3.8, 4) is 0 Å². The predicted molar refractivity (Wildman–Crippen MR) is 71.8 cm³/mol. The van der Waals surface area contributed by atoms with Crippen molar-refractivity contribution in [1.82, 2.24) is 10.6 Å². The van der Waals surface area contributed by atoms with Gasteiger partial charge < -0.3 is 10.6 Å². The van der Waals surface area contributed by atoms with Crippen molar-refractivity contribution >= 4 is 0 Å². The molecule has 0 atom stereocenters. The summed E-state index contributed by atoms with van der Waals surface area (Å²) in [6.07, 6.45) is 7.10. The smallest absolute Gasteiger partial charge is 0.0249 e. The minimum Gasteiger partial charge on any atom is -0.314 e. The second-order valence-corrected chi connectivity index (χ2v) is 6.39. The zero-order valence-corrected chi connectivity index (χ0v) is 11.7. The summed E-state index contributed by atoms with van der Waals surface area (Å²) in [4.78, 5) is 0. The summed E-state index contributed by atoms with van der Waals surface area (Å²) >= 11 is 0. The molecule has 0 aliphatic heterocycles. The Kier molecular flexibility index (Phi) is 5.26. The highest BCUT2D eigenvalue weighted by molar-refractivity contribution is 4.84. The van der Waals surface area contributed by atoms with Gasteiger partial charge in [0.1, 0.15) is 0 Å². The SMILES string of the molecule is CCNC(C)(C)CNCC1(C)CCCCC1. The first-order valence-corrected chi connectivity index (χ1v) is 6.93. The molecule has 0 heterocycles. The monoisotopic (exact) mass is 226 g/mol. The molecule has 0 radical (unpaired) electrons. The average Bonchev–Trinajstić information content (AvgIpc) is 2.17. The van der Waals surface area contributed by atoms with Crippen molar-refractivity contribution in [3.63, 3.8) is 0 Å². The van der Waals surface area contributed by atoms with E-state index in [0.717, 1.165) is 13.1 Å². The van der Waals surface area contributed by atoms with Gasteiger partial charge in [-0.1, -0.05) is 33.1 Å². The molecule has 1 aliphatic rings. The maximum Gasteiger partial charge on any atom is 0.0249 e. The molecule has 1 aliphatic carbocycles. The topological polar surface area (TPSA) is 24.1 Å². The Balaban J connectivity index is 2.23. The highest BCUT2D eigenvalue weighted by Gasteiger charge is 2.27. The molecule has 16 heavy (non-hydrogen) atoms. The fourth-order valence-electron chi connectivity index (χ4n) is 2.80. The van der Waals surface area contributed by atoms with Gasteiger partial charge in [-0.2, -0.15) is 0 Å². The zero-order chi connectivity index (χ0) is 12.1. The van der Waals surface area contributed by atoms with Gasteiger partial charge in [-0.25, -0.2) is 0 Å². The molecule has 0 unspecified atom stereocenters. The standard InChI is InChI=1S/C14H30N2/c1-5-16-13(2,3)11-15-12-14(4)9-7-6-8-10-14/h15-16H,5-12H2,1-4H3. The summed E-state index contributed by atoms with van der Waals surface area (Å²) in [6, 6.07) is 0. The van der Waals surface area contributed by atoms with Crippen molar-refractivity contribution in [1.29, 1.82) is 0 Å². The van der Waals surface area contributed by atoms with E-state index in [9.17, 15) is 0 Å². The molecular weight excluding hydrogens is 196 g/mol. The molecule has 0 bridgehead atoms. The Labute approximate surface area is 102 Å². The molecule has 2 nitrogen and oxygen atoms in total. The maximum absolute atomic E-state index is 3.66. The van der Waals surface area contributed by atoms with Crippen LogP contribution in [-0.4, -0.2) is 25.2 Å². The number of rotatable bonds is 6. The zero-order valence-electron chi connectivity index (χ0n) is 11.7. The second-order valence-electron chi connectivity index (χ2n) is 6.39. The third-order valence-corrected chi connectivity index (χ3v) is 3.83. The highest BCUT2D eigenvalue weighted by atomic mass is 15.0. The molecule has 0 aromatic rings. The lowest BCUT2D eigenvalue weighted by atomic mass is 9.75. The third-order valence-electron chi connectivity index (χ3n) is 3.83. The van der Waals surface area contributed by atoms with E-state index in [1.54, 1.807) is 0 Å². The van der Waals surface area contributed by atoms with E-state index in [2.05, 4.69) is 38.3 Å². The van der Waals surface area contributed by atoms with Gasteiger partial charge in [0.15, 0.2) is 0 Å². The van der Waals surface area contributed by atoms with Crippen molar-refractivity contribution in [3.05, 3.63) is 0 Å². The first kappa shape index (κ1) is 14.0. The van der Waals surface area contributed by atoms with Gasteiger partial charge in [0.2, 0.25) is 0 Å². The largest absolute Gasteiger partial charge is 0.314 e. The van der Waals surface area contributed by atoms with Crippen LogP contribution in [0.25, 0.3) is 0 Å². The number of nitrogens with one attached hydrogen (secondary N) is 2. The van der Waals surface area contributed by atoms with E-state index in [4.69, 9.17) is 0 Å². The Hall–Kier alpha value is -0.0800. The van der Waals surface area contributed by atoms with Gasteiger partial charge in [-0.05, 0) is 38.6 Å². The van der Waals surface area contributed by atoms with Crippen LogP contribution in [0.1, 0.15) is 59.8 Å². The highest BCUT2D eigenvalue weighted by Crippen LogP contribution is 2.34. The average molecular weight is 226 g/mol. The quantitative estimate of drug-likeness (QED) is 0.727. The van der Waals surface area contributed by atoms with Crippen LogP contribution in [0.2, 0.25) is 0 Å². The molecule has 1 fully saturated rings. The van der Waals surface area contributed by atoms with E-state index >= 15 is 0 Å². The van der Waals surface area contributed by atoms with E-state index < -0.39 is 0 Å². The van der Waals surface area contributed by atoms with Crippen molar-refractivity contribution in [2.24, 2.45) is 5.41 Å². The van der Waals surface area contributed by atoms with E-state index in [-0.39, 0.29) is 5.54 Å². The maximum atomic E-state index is 3.66. The number of hydrogen-bond donors (Lipinski definition) is 2. The summed E-state index contributed by atoms with van der Waals surface area (Å²) in [5.74, 6) is 0. The van der Waals surface area contributed by atoms with Crippen molar-refractivity contribution in [2.45, 2.75) is 65.3 Å². The molecule has 2 N–H and O–H groups in total. The Morgan fingerprint density at radius 3 is 2.31 bits per heavy atom. The van der Waals surface area contributed by atoms with Gasteiger partial charge >= 0.3 is 0 Å². The summed E-state index contributed by atoms with van der Waals surface area (Å²) < 4.78 is 0. The summed E-state index contributed by atoms with van der Waals surface area (Å²) in [6.45, 7) is 12.5. The van der Waals surface area contributed by atoms with Gasteiger partial charge in [-0.15, -0.1) is 0 Å².